The van der Waals surface area contributed by atoms with E-state index in [0.717, 1.165) is 0 Å². The van der Waals surface area contributed by atoms with Crippen LogP contribution < -0.4 is 11.3 Å². The summed E-state index contributed by atoms with van der Waals surface area (Å²) in [7, 11) is 0. The van der Waals surface area contributed by atoms with E-state index in [-0.39, 0.29) is 11.6 Å². The highest BCUT2D eigenvalue weighted by Gasteiger charge is 2.37. The highest BCUT2D eigenvalue weighted by atomic mass is 15.3. The molecule has 0 amide bonds. The molecular formula is C18H31N3. The number of hydrazine groups is 1. The second-order valence-electron chi connectivity index (χ2n) is 7.09. The van der Waals surface area contributed by atoms with Gasteiger partial charge in [0.05, 0.1) is 6.04 Å². The number of nitrogens with one attached hydrogen (secondary N) is 1. The van der Waals surface area contributed by atoms with E-state index in [1.165, 1.54) is 54.6 Å². The van der Waals surface area contributed by atoms with E-state index in [4.69, 9.17) is 5.84 Å². The standard InChI is InChI=1S/C18H31N3/c1-13-11-15(3)16(12-14(13)2)17(20-19)18(4,5)21-9-7-6-8-10-21/h11-12,17,20H,6-10,19H2,1-5H3. The number of nitrogens with two attached hydrogens (primary N) is 1. The third-order valence-corrected chi connectivity index (χ3v) is 5.24. The molecule has 1 fully saturated rings. The van der Waals surface area contributed by atoms with E-state index in [2.05, 4.69) is 57.1 Å². The van der Waals surface area contributed by atoms with Gasteiger partial charge < -0.3 is 0 Å². The van der Waals surface area contributed by atoms with Gasteiger partial charge in [-0.1, -0.05) is 18.6 Å². The first kappa shape index (κ1) is 16.5. The second-order valence-corrected chi connectivity index (χ2v) is 7.09. The van der Waals surface area contributed by atoms with Crippen molar-refractivity contribution < 1.29 is 0 Å². The van der Waals surface area contributed by atoms with E-state index >= 15 is 0 Å². The van der Waals surface area contributed by atoms with E-state index in [1.807, 2.05) is 0 Å². The van der Waals surface area contributed by atoms with E-state index in [1.54, 1.807) is 0 Å². The molecule has 0 saturated carbocycles. The number of hydrogen-bond donors (Lipinski definition) is 2. The van der Waals surface area contributed by atoms with Crippen LogP contribution in [0.2, 0.25) is 0 Å². The molecule has 0 spiro atoms. The molecule has 3 heteroatoms. The van der Waals surface area contributed by atoms with Crippen molar-refractivity contribution in [2.24, 2.45) is 5.84 Å². The molecule has 3 nitrogen and oxygen atoms in total. The van der Waals surface area contributed by atoms with Crippen molar-refractivity contribution in [3.63, 3.8) is 0 Å². The van der Waals surface area contributed by atoms with Crippen molar-refractivity contribution in [3.05, 3.63) is 34.4 Å². The lowest BCUT2D eigenvalue weighted by molar-refractivity contribution is 0.0606. The zero-order valence-corrected chi connectivity index (χ0v) is 14.3. The van der Waals surface area contributed by atoms with Crippen molar-refractivity contribution in [1.29, 1.82) is 0 Å². The lowest BCUT2D eigenvalue weighted by Gasteiger charge is -2.46. The van der Waals surface area contributed by atoms with Gasteiger partial charge in [-0.15, -0.1) is 0 Å². The number of aryl methyl sites for hydroxylation is 3. The van der Waals surface area contributed by atoms with Crippen LogP contribution in [0.3, 0.4) is 0 Å². The maximum absolute atomic E-state index is 5.98. The molecule has 2 rings (SSSR count). The van der Waals surface area contributed by atoms with Gasteiger partial charge in [0.1, 0.15) is 0 Å². The van der Waals surface area contributed by atoms with E-state index in [9.17, 15) is 0 Å². The minimum atomic E-state index is 0.0155. The van der Waals surface area contributed by atoms with Crippen molar-refractivity contribution in [1.82, 2.24) is 10.3 Å². The molecule has 0 radical (unpaired) electrons. The lowest BCUT2D eigenvalue weighted by Crippen LogP contribution is -2.55. The summed E-state index contributed by atoms with van der Waals surface area (Å²) in [5.41, 5.74) is 8.46. The molecule has 1 aliphatic heterocycles. The average Bonchev–Trinajstić information content (AvgIpc) is 2.46. The molecular weight excluding hydrogens is 258 g/mol. The third-order valence-electron chi connectivity index (χ3n) is 5.24. The normalized spacial score (nSPS) is 18.8. The van der Waals surface area contributed by atoms with Crippen LogP contribution in [0.5, 0.6) is 0 Å². The predicted octanol–water partition coefficient (Wildman–Crippen LogP) is 3.38. The summed E-state index contributed by atoms with van der Waals surface area (Å²) in [6.45, 7) is 13.5. The highest BCUT2D eigenvalue weighted by Crippen LogP contribution is 2.35. The number of benzene rings is 1. The molecule has 1 unspecified atom stereocenters. The minimum Gasteiger partial charge on any atom is -0.296 e. The SMILES string of the molecule is Cc1cc(C)c(C(NN)C(C)(C)N2CCCCC2)cc1C. The van der Waals surface area contributed by atoms with Crippen LogP contribution in [0.25, 0.3) is 0 Å². The van der Waals surface area contributed by atoms with Gasteiger partial charge in [0.25, 0.3) is 0 Å². The quantitative estimate of drug-likeness (QED) is 0.659. The molecule has 1 atom stereocenters. The summed E-state index contributed by atoms with van der Waals surface area (Å²) in [4.78, 5) is 2.59. The molecule has 0 bridgehead atoms. The molecule has 1 saturated heterocycles. The Bertz CT molecular complexity index is 487. The summed E-state index contributed by atoms with van der Waals surface area (Å²) >= 11 is 0. The Morgan fingerprint density at radius 1 is 1.00 bits per heavy atom. The molecule has 1 aromatic carbocycles. The maximum Gasteiger partial charge on any atom is 0.0641 e. The number of nitrogens with zero attached hydrogens (tertiary/aromatic N) is 1. The van der Waals surface area contributed by atoms with Gasteiger partial charge in [-0.2, -0.15) is 0 Å². The zero-order valence-electron chi connectivity index (χ0n) is 14.3. The topological polar surface area (TPSA) is 41.3 Å². The first-order valence-corrected chi connectivity index (χ1v) is 8.17. The Morgan fingerprint density at radius 3 is 2.14 bits per heavy atom. The van der Waals surface area contributed by atoms with Crippen LogP contribution in [0.4, 0.5) is 0 Å². The molecule has 21 heavy (non-hydrogen) atoms. The maximum atomic E-state index is 5.98. The molecule has 1 aliphatic rings. The van der Waals surface area contributed by atoms with Gasteiger partial charge in [-0.05, 0) is 82.8 Å². The van der Waals surface area contributed by atoms with Gasteiger partial charge in [-0.3, -0.25) is 16.2 Å². The van der Waals surface area contributed by atoms with Crippen molar-refractivity contribution in [2.45, 2.75) is 65.5 Å². The Labute approximate surface area is 129 Å². The number of rotatable bonds is 4. The third kappa shape index (κ3) is 3.31. The molecule has 118 valence electrons. The fourth-order valence-corrected chi connectivity index (χ4v) is 3.62. The fraction of sp³-hybridized carbons (Fsp3) is 0.667. The molecule has 3 N–H and O–H groups in total. The number of hydrogen-bond acceptors (Lipinski definition) is 3. The van der Waals surface area contributed by atoms with Gasteiger partial charge in [0, 0.05) is 5.54 Å². The smallest absolute Gasteiger partial charge is 0.0641 e. The number of likely N-dealkylation sites (tertiary alicyclic amines) is 1. The molecule has 0 aromatic heterocycles. The van der Waals surface area contributed by atoms with Crippen molar-refractivity contribution >= 4 is 0 Å². The first-order chi connectivity index (χ1) is 9.87. The van der Waals surface area contributed by atoms with Crippen molar-refractivity contribution in [3.8, 4) is 0 Å². The lowest BCUT2D eigenvalue weighted by atomic mass is 9.83. The largest absolute Gasteiger partial charge is 0.296 e. The summed E-state index contributed by atoms with van der Waals surface area (Å²) in [6, 6.07) is 4.73. The van der Waals surface area contributed by atoms with Gasteiger partial charge in [0.15, 0.2) is 0 Å². The first-order valence-electron chi connectivity index (χ1n) is 8.17. The number of piperidine rings is 1. The van der Waals surface area contributed by atoms with Crippen LogP contribution in [0.15, 0.2) is 12.1 Å². The Morgan fingerprint density at radius 2 is 1.57 bits per heavy atom. The monoisotopic (exact) mass is 289 g/mol. The molecule has 1 aromatic rings. The van der Waals surface area contributed by atoms with E-state index < -0.39 is 0 Å². The molecule has 0 aliphatic carbocycles. The fourth-order valence-electron chi connectivity index (χ4n) is 3.62. The minimum absolute atomic E-state index is 0.0155. The highest BCUT2D eigenvalue weighted by molar-refractivity contribution is 5.39. The van der Waals surface area contributed by atoms with Crippen molar-refractivity contribution in [2.75, 3.05) is 13.1 Å². The molecule has 1 heterocycles. The van der Waals surface area contributed by atoms with E-state index in [0.29, 0.717) is 0 Å². The van der Waals surface area contributed by atoms with Crippen LogP contribution in [0.1, 0.15) is 61.4 Å². The second kappa shape index (κ2) is 6.47. The average molecular weight is 289 g/mol. The van der Waals surface area contributed by atoms with Crippen LogP contribution in [-0.4, -0.2) is 23.5 Å². The van der Waals surface area contributed by atoms with Crippen LogP contribution in [-0.2, 0) is 0 Å². The summed E-state index contributed by atoms with van der Waals surface area (Å²) < 4.78 is 0. The Kier molecular flexibility index (Phi) is 5.07. The Hall–Kier alpha value is -0.900. The summed E-state index contributed by atoms with van der Waals surface area (Å²) in [6.07, 6.45) is 3.95. The van der Waals surface area contributed by atoms with Gasteiger partial charge >= 0.3 is 0 Å². The van der Waals surface area contributed by atoms with Crippen LogP contribution >= 0.6 is 0 Å². The Balaban J connectivity index is 2.36. The summed E-state index contributed by atoms with van der Waals surface area (Å²) in [5, 5.41) is 0. The summed E-state index contributed by atoms with van der Waals surface area (Å²) in [5.74, 6) is 5.98. The predicted molar refractivity (Wildman–Crippen MR) is 90.2 cm³/mol. The van der Waals surface area contributed by atoms with Gasteiger partial charge in [0.2, 0.25) is 0 Å². The van der Waals surface area contributed by atoms with Gasteiger partial charge in [-0.25, -0.2) is 0 Å². The zero-order chi connectivity index (χ0) is 15.6. The van der Waals surface area contributed by atoms with Crippen LogP contribution in [0, 0.1) is 20.8 Å².